The number of ether oxygens (including phenoxy) is 1. The van der Waals surface area contributed by atoms with E-state index in [9.17, 15) is 14.4 Å². The maximum absolute atomic E-state index is 14.4. The van der Waals surface area contributed by atoms with E-state index in [4.69, 9.17) is 16.2 Å². The summed E-state index contributed by atoms with van der Waals surface area (Å²) >= 11 is 0.777. The summed E-state index contributed by atoms with van der Waals surface area (Å²) in [6.07, 6.45) is 0.772. The third-order valence-electron chi connectivity index (χ3n) is 6.43. The summed E-state index contributed by atoms with van der Waals surface area (Å²) < 4.78 is 9.64. The van der Waals surface area contributed by atoms with Crippen molar-refractivity contribution < 1.29 is 19.1 Å². The molecular formula is C30H33N5O4S. The van der Waals surface area contributed by atoms with Crippen LogP contribution >= 0.6 is 11.5 Å². The SMILES string of the molecule is CCOc1ccc(C(C(=O)NCCC(C)C)N(C(=O)c2snc(C(N)=O)c2N)c2cccc3ccccc23)cc1. The number of nitrogens with two attached hydrogens (primary N) is 2. The van der Waals surface area contributed by atoms with E-state index in [0.717, 1.165) is 28.7 Å². The number of carbonyl (C=O) groups is 3. The van der Waals surface area contributed by atoms with Gasteiger partial charge in [-0.2, -0.15) is 4.37 Å². The molecule has 0 fully saturated rings. The summed E-state index contributed by atoms with van der Waals surface area (Å²) in [5.74, 6) is -0.740. The van der Waals surface area contributed by atoms with Gasteiger partial charge in [0.2, 0.25) is 5.91 Å². The molecule has 0 saturated heterocycles. The lowest BCUT2D eigenvalue weighted by atomic mass is 10.00. The van der Waals surface area contributed by atoms with Crippen LogP contribution < -0.4 is 26.4 Å². The molecule has 0 saturated carbocycles. The zero-order valence-corrected chi connectivity index (χ0v) is 23.5. The number of nitrogens with one attached hydrogen (secondary N) is 1. The molecule has 0 aliphatic heterocycles. The molecule has 3 aromatic carbocycles. The van der Waals surface area contributed by atoms with Gasteiger partial charge in [0.05, 0.1) is 18.0 Å². The zero-order valence-electron chi connectivity index (χ0n) is 22.7. The Balaban J connectivity index is 1.92. The zero-order chi connectivity index (χ0) is 28.8. The van der Waals surface area contributed by atoms with Crippen LogP contribution in [0.25, 0.3) is 10.8 Å². The molecule has 10 heteroatoms. The highest BCUT2D eigenvalue weighted by Gasteiger charge is 2.36. The molecule has 40 heavy (non-hydrogen) atoms. The number of anilines is 2. The largest absolute Gasteiger partial charge is 0.494 e. The number of carbonyl (C=O) groups excluding carboxylic acids is 3. The quantitative estimate of drug-likeness (QED) is 0.238. The van der Waals surface area contributed by atoms with E-state index in [0.29, 0.717) is 36.1 Å². The number of fused-ring (bicyclic) bond motifs is 1. The molecule has 1 aromatic heterocycles. The fourth-order valence-corrected chi connectivity index (χ4v) is 5.18. The van der Waals surface area contributed by atoms with E-state index >= 15 is 0 Å². The maximum Gasteiger partial charge on any atom is 0.273 e. The van der Waals surface area contributed by atoms with Gasteiger partial charge in [0.15, 0.2) is 5.69 Å². The van der Waals surface area contributed by atoms with E-state index in [1.807, 2.05) is 43.3 Å². The number of benzene rings is 3. The summed E-state index contributed by atoms with van der Waals surface area (Å²) in [6, 6.07) is 19.2. The van der Waals surface area contributed by atoms with Crippen molar-refractivity contribution in [3.05, 3.63) is 82.9 Å². The Kier molecular flexibility index (Phi) is 9.00. The molecule has 1 unspecified atom stereocenters. The van der Waals surface area contributed by atoms with Crippen molar-refractivity contribution in [3.8, 4) is 5.75 Å². The molecule has 3 amide bonds. The van der Waals surface area contributed by atoms with Crippen LogP contribution in [0, 0.1) is 5.92 Å². The second-order valence-corrected chi connectivity index (χ2v) is 10.5. The second-order valence-electron chi connectivity index (χ2n) is 9.69. The minimum Gasteiger partial charge on any atom is -0.494 e. The van der Waals surface area contributed by atoms with E-state index in [1.54, 1.807) is 30.3 Å². The molecule has 1 atom stereocenters. The summed E-state index contributed by atoms with van der Waals surface area (Å²) in [7, 11) is 0. The number of nitrogen functional groups attached to an aromatic ring is 1. The average molecular weight is 560 g/mol. The molecule has 9 nitrogen and oxygen atoms in total. The summed E-state index contributed by atoms with van der Waals surface area (Å²) in [5.41, 5.74) is 12.4. The van der Waals surface area contributed by atoms with Crippen molar-refractivity contribution in [2.75, 3.05) is 23.8 Å². The first-order chi connectivity index (χ1) is 19.2. The van der Waals surface area contributed by atoms with Crippen LogP contribution in [0.4, 0.5) is 11.4 Å². The first-order valence-corrected chi connectivity index (χ1v) is 13.9. The molecule has 4 aromatic rings. The van der Waals surface area contributed by atoms with Gasteiger partial charge in [-0.15, -0.1) is 0 Å². The molecule has 5 N–H and O–H groups in total. The number of hydrogen-bond donors (Lipinski definition) is 3. The van der Waals surface area contributed by atoms with Gasteiger partial charge in [-0.1, -0.05) is 62.4 Å². The highest BCUT2D eigenvalue weighted by molar-refractivity contribution is 7.09. The van der Waals surface area contributed by atoms with Gasteiger partial charge in [-0.3, -0.25) is 19.3 Å². The topological polar surface area (TPSA) is 141 Å². The van der Waals surface area contributed by atoms with Crippen molar-refractivity contribution in [2.24, 2.45) is 11.7 Å². The van der Waals surface area contributed by atoms with Crippen LogP contribution in [0.2, 0.25) is 0 Å². The van der Waals surface area contributed by atoms with Crippen LogP contribution in [0.5, 0.6) is 5.75 Å². The Morgan fingerprint density at radius 2 is 1.73 bits per heavy atom. The van der Waals surface area contributed by atoms with Gasteiger partial charge in [0.25, 0.3) is 11.8 Å². The van der Waals surface area contributed by atoms with Crippen LogP contribution in [-0.4, -0.2) is 35.2 Å². The lowest BCUT2D eigenvalue weighted by Gasteiger charge is -2.32. The average Bonchev–Trinajstić information content (AvgIpc) is 3.33. The predicted octanol–water partition coefficient (Wildman–Crippen LogP) is 4.93. The first kappa shape index (κ1) is 28.6. The third kappa shape index (κ3) is 6.07. The smallest absolute Gasteiger partial charge is 0.273 e. The highest BCUT2D eigenvalue weighted by Crippen LogP contribution is 2.37. The molecule has 0 radical (unpaired) electrons. The first-order valence-electron chi connectivity index (χ1n) is 13.1. The fourth-order valence-electron chi connectivity index (χ4n) is 4.43. The summed E-state index contributed by atoms with van der Waals surface area (Å²) in [5, 5.41) is 4.67. The standard InChI is InChI=1S/C30H33N5O4S/c1-4-39-21-14-12-20(13-15-21)26(29(37)33-17-16-18(2)3)35(23-11-7-9-19-8-5-6-10-22(19)23)30(38)27-24(31)25(28(32)36)34-40-27/h5-15,18,26H,4,16-17,31H2,1-3H3,(H2,32,36)(H,33,37). The monoisotopic (exact) mass is 559 g/mol. The predicted molar refractivity (Wildman–Crippen MR) is 159 cm³/mol. The number of nitrogens with zero attached hydrogens (tertiary/aromatic N) is 2. The number of aromatic nitrogens is 1. The minimum absolute atomic E-state index is 0.0210. The number of primary amides is 1. The lowest BCUT2D eigenvalue weighted by molar-refractivity contribution is -0.122. The Morgan fingerprint density at radius 3 is 2.38 bits per heavy atom. The Hall–Kier alpha value is -4.44. The van der Waals surface area contributed by atoms with Gasteiger partial charge >= 0.3 is 0 Å². The van der Waals surface area contributed by atoms with E-state index < -0.39 is 17.9 Å². The van der Waals surface area contributed by atoms with Gasteiger partial charge in [-0.05, 0) is 59.9 Å². The molecular weight excluding hydrogens is 526 g/mol. The normalized spacial score (nSPS) is 11.8. The van der Waals surface area contributed by atoms with Crippen LogP contribution in [0.15, 0.2) is 66.7 Å². The van der Waals surface area contributed by atoms with Crippen molar-refractivity contribution in [1.29, 1.82) is 0 Å². The minimum atomic E-state index is -1.07. The Bertz CT molecular complexity index is 1510. The molecule has 0 aliphatic rings. The van der Waals surface area contributed by atoms with Crippen LogP contribution in [0.3, 0.4) is 0 Å². The van der Waals surface area contributed by atoms with Crippen LogP contribution in [0.1, 0.15) is 59.0 Å². The van der Waals surface area contributed by atoms with Crippen molar-refractivity contribution in [2.45, 2.75) is 33.2 Å². The van der Waals surface area contributed by atoms with Gasteiger partial charge < -0.3 is 21.5 Å². The van der Waals surface area contributed by atoms with E-state index in [2.05, 4.69) is 23.5 Å². The van der Waals surface area contributed by atoms with Crippen molar-refractivity contribution in [1.82, 2.24) is 9.69 Å². The van der Waals surface area contributed by atoms with Gasteiger partial charge in [0.1, 0.15) is 16.7 Å². The van der Waals surface area contributed by atoms with Crippen LogP contribution in [-0.2, 0) is 4.79 Å². The molecule has 4 rings (SSSR count). The maximum atomic E-state index is 14.4. The Labute approximate surface area is 237 Å². The van der Waals surface area contributed by atoms with Gasteiger partial charge in [0, 0.05) is 11.9 Å². The number of amides is 3. The number of rotatable bonds is 11. The summed E-state index contributed by atoms with van der Waals surface area (Å²) in [4.78, 5) is 41.7. The number of hydrogen-bond acceptors (Lipinski definition) is 7. The Morgan fingerprint density at radius 1 is 1.02 bits per heavy atom. The van der Waals surface area contributed by atoms with E-state index in [-0.39, 0.29) is 22.2 Å². The molecule has 0 bridgehead atoms. The second kappa shape index (κ2) is 12.6. The molecule has 0 spiro atoms. The van der Waals surface area contributed by atoms with Crippen molar-refractivity contribution >= 4 is 51.4 Å². The molecule has 0 aliphatic carbocycles. The molecule has 1 heterocycles. The molecule has 208 valence electrons. The summed E-state index contributed by atoms with van der Waals surface area (Å²) in [6.45, 7) is 6.97. The van der Waals surface area contributed by atoms with Gasteiger partial charge in [-0.25, -0.2) is 0 Å². The lowest BCUT2D eigenvalue weighted by Crippen LogP contribution is -2.44. The fraction of sp³-hybridized carbons (Fsp3) is 0.267. The van der Waals surface area contributed by atoms with E-state index in [1.165, 1.54) is 4.90 Å². The van der Waals surface area contributed by atoms with Crippen molar-refractivity contribution in [3.63, 3.8) is 0 Å². The third-order valence-corrected chi connectivity index (χ3v) is 7.29. The highest BCUT2D eigenvalue weighted by atomic mass is 32.1.